The summed E-state index contributed by atoms with van der Waals surface area (Å²) in [6.07, 6.45) is 2.52. The van der Waals surface area contributed by atoms with Crippen LogP contribution >= 0.6 is 0 Å². The van der Waals surface area contributed by atoms with Crippen LogP contribution in [0.5, 0.6) is 11.5 Å². The Morgan fingerprint density at radius 1 is 1.00 bits per heavy atom. The van der Waals surface area contributed by atoms with E-state index in [1.165, 1.54) is 0 Å². The molecule has 0 saturated carbocycles. The maximum atomic E-state index is 6.27. The van der Waals surface area contributed by atoms with Crippen LogP contribution in [0.2, 0.25) is 0 Å². The molecule has 1 aromatic heterocycles. The number of nitrogen functional groups attached to an aromatic ring is 1. The van der Waals surface area contributed by atoms with Gasteiger partial charge in [-0.15, -0.1) is 0 Å². The predicted octanol–water partition coefficient (Wildman–Crippen LogP) is 2.82. The van der Waals surface area contributed by atoms with Crippen LogP contribution in [0.25, 0.3) is 5.69 Å². The number of fused-ring (bicyclic) bond motifs is 1. The normalized spacial score (nSPS) is 13.0. The largest absolute Gasteiger partial charge is 0.486 e. The Morgan fingerprint density at radius 2 is 1.78 bits per heavy atom. The van der Waals surface area contributed by atoms with E-state index in [0.717, 1.165) is 28.3 Å². The van der Waals surface area contributed by atoms with Crippen molar-refractivity contribution in [2.24, 2.45) is 0 Å². The fourth-order valence-electron chi connectivity index (χ4n) is 2.72. The third-order valence-corrected chi connectivity index (χ3v) is 3.89. The molecule has 5 heteroatoms. The standard InChI is InChI=1S/C18H17N3O2/c19-18-14(12-20-21(18)15-4-2-1-3-5-15)10-13-6-7-16-17(11-13)23-9-8-22-16/h1-7,11-12H,8-10,19H2. The highest BCUT2D eigenvalue weighted by Crippen LogP contribution is 2.32. The van der Waals surface area contributed by atoms with Crippen LogP contribution < -0.4 is 15.2 Å². The van der Waals surface area contributed by atoms with Crippen molar-refractivity contribution in [2.45, 2.75) is 6.42 Å². The van der Waals surface area contributed by atoms with Crippen LogP contribution in [0.1, 0.15) is 11.1 Å². The molecular formula is C18H17N3O2. The van der Waals surface area contributed by atoms with Gasteiger partial charge in [-0.25, -0.2) is 4.68 Å². The van der Waals surface area contributed by atoms with Gasteiger partial charge in [0.1, 0.15) is 19.0 Å². The zero-order valence-electron chi connectivity index (χ0n) is 12.6. The number of benzene rings is 2. The smallest absolute Gasteiger partial charge is 0.161 e. The van der Waals surface area contributed by atoms with Crippen LogP contribution in [0.15, 0.2) is 54.7 Å². The van der Waals surface area contributed by atoms with Crippen molar-refractivity contribution in [1.29, 1.82) is 0 Å². The number of ether oxygens (including phenoxy) is 2. The van der Waals surface area contributed by atoms with Gasteiger partial charge in [-0.05, 0) is 29.8 Å². The summed E-state index contributed by atoms with van der Waals surface area (Å²) in [4.78, 5) is 0. The van der Waals surface area contributed by atoms with Crippen molar-refractivity contribution in [3.8, 4) is 17.2 Å². The first-order chi connectivity index (χ1) is 11.3. The molecule has 1 aliphatic heterocycles. The van der Waals surface area contributed by atoms with Crippen molar-refractivity contribution in [3.63, 3.8) is 0 Å². The minimum absolute atomic E-state index is 0.588. The van der Waals surface area contributed by atoms with E-state index in [1.54, 1.807) is 4.68 Å². The molecule has 0 radical (unpaired) electrons. The lowest BCUT2D eigenvalue weighted by Gasteiger charge is -2.18. The van der Waals surface area contributed by atoms with Gasteiger partial charge in [0.2, 0.25) is 0 Å². The number of hydrogen-bond donors (Lipinski definition) is 1. The third kappa shape index (κ3) is 2.61. The van der Waals surface area contributed by atoms with Crippen LogP contribution in [-0.2, 0) is 6.42 Å². The molecule has 2 aromatic carbocycles. The molecular weight excluding hydrogens is 290 g/mol. The minimum atomic E-state index is 0.588. The second-order valence-electron chi connectivity index (χ2n) is 5.46. The topological polar surface area (TPSA) is 62.3 Å². The molecule has 3 aromatic rings. The zero-order valence-corrected chi connectivity index (χ0v) is 12.6. The van der Waals surface area contributed by atoms with Crippen LogP contribution in [-0.4, -0.2) is 23.0 Å². The summed E-state index contributed by atoms with van der Waals surface area (Å²) in [6, 6.07) is 15.9. The Bertz CT molecular complexity index is 828. The molecule has 0 spiro atoms. The number of anilines is 1. The fraction of sp³-hybridized carbons (Fsp3) is 0.167. The minimum Gasteiger partial charge on any atom is -0.486 e. The van der Waals surface area contributed by atoms with Gasteiger partial charge in [0.25, 0.3) is 0 Å². The van der Waals surface area contributed by atoms with Gasteiger partial charge < -0.3 is 15.2 Å². The second kappa shape index (κ2) is 5.68. The number of hydrogen-bond acceptors (Lipinski definition) is 4. The van der Waals surface area contributed by atoms with E-state index in [-0.39, 0.29) is 0 Å². The lowest BCUT2D eigenvalue weighted by Crippen LogP contribution is -2.15. The van der Waals surface area contributed by atoms with Crippen molar-refractivity contribution >= 4 is 5.82 Å². The number of aromatic nitrogens is 2. The van der Waals surface area contributed by atoms with Crippen LogP contribution in [0.3, 0.4) is 0 Å². The average Bonchev–Trinajstić information content (AvgIpc) is 2.96. The van der Waals surface area contributed by atoms with Gasteiger partial charge in [-0.1, -0.05) is 24.3 Å². The monoisotopic (exact) mass is 307 g/mol. The van der Waals surface area contributed by atoms with Gasteiger partial charge in [0.05, 0.1) is 11.9 Å². The highest BCUT2D eigenvalue weighted by atomic mass is 16.6. The van der Waals surface area contributed by atoms with Crippen molar-refractivity contribution < 1.29 is 9.47 Å². The summed E-state index contributed by atoms with van der Waals surface area (Å²) in [6.45, 7) is 1.19. The van der Waals surface area contributed by atoms with E-state index >= 15 is 0 Å². The Hall–Kier alpha value is -2.95. The van der Waals surface area contributed by atoms with E-state index < -0.39 is 0 Å². The van der Waals surface area contributed by atoms with Gasteiger partial charge in [-0.2, -0.15) is 5.10 Å². The van der Waals surface area contributed by atoms with Gasteiger partial charge in [0, 0.05) is 12.0 Å². The maximum absolute atomic E-state index is 6.27. The molecule has 116 valence electrons. The molecule has 0 saturated heterocycles. The summed E-state index contributed by atoms with van der Waals surface area (Å²) < 4.78 is 12.9. The van der Waals surface area contributed by atoms with Crippen LogP contribution in [0, 0.1) is 0 Å². The molecule has 0 aliphatic carbocycles. The molecule has 2 N–H and O–H groups in total. The second-order valence-corrected chi connectivity index (χ2v) is 5.46. The first kappa shape index (κ1) is 13.7. The fourth-order valence-corrected chi connectivity index (χ4v) is 2.72. The van der Waals surface area contributed by atoms with Crippen molar-refractivity contribution in [2.75, 3.05) is 18.9 Å². The van der Waals surface area contributed by atoms with E-state index in [1.807, 2.05) is 54.7 Å². The molecule has 1 aliphatic rings. The Balaban J connectivity index is 1.61. The number of nitrogens with zero attached hydrogens (tertiary/aromatic N) is 2. The van der Waals surface area contributed by atoms with Gasteiger partial charge in [-0.3, -0.25) is 0 Å². The summed E-state index contributed by atoms with van der Waals surface area (Å²) in [5, 5.41) is 4.41. The van der Waals surface area contributed by atoms with E-state index in [9.17, 15) is 0 Å². The van der Waals surface area contributed by atoms with E-state index in [4.69, 9.17) is 15.2 Å². The molecule has 4 rings (SSSR count). The molecule has 0 unspecified atom stereocenters. The molecule has 0 amide bonds. The van der Waals surface area contributed by atoms with E-state index in [0.29, 0.717) is 25.5 Å². The average molecular weight is 307 g/mol. The number of para-hydroxylation sites is 1. The molecule has 2 heterocycles. The summed E-state index contributed by atoms with van der Waals surface area (Å²) >= 11 is 0. The molecule has 5 nitrogen and oxygen atoms in total. The maximum Gasteiger partial charge on any atom is 0.161 e. The predicted molar refractivity (Wildman–Crippen MR) is 88.2 cm³/mol. The van der Waals surface area contributed by atoms with Gasteiger partial charge in [0.15, 0.2) is 11.5 Å². The Labute approximate surface area is 134 Å². The first-order valence-corrected chi connectivity index (χ1v) is 7.57. The number of nitrogens with two attached hydrogens (primary N) is 1. The third-order valence-electron chi connectivity index (χ3n) is 3.89. The molecule has 0 fully saturated rings. The molecule has 0 bridgehead atoms. The van der Waals surface area contributed by atoms with E-state index in [2.05, 4.69) is 5.10 Å². The molecule has 0 atom stereocenters. The Morgan fingerprint density at radius 3 is 2.61 bits per heavy atom. The first-order valence-electron chi connectivity index (χ1n) is 7.57. The SMILES string of the molecule is Nc1c(Cc2ccc3c(c2)OCCO3)cnn1-c1ccccc1. The highest BCUT2D eigenvalue weighted by Gasteiger charge is 2.14. The lowest BCUT2D eigenvalue weighted by molar-refractivity contribution is 0.171. The van der Waals surface area contributed by atoms with Crippen molar-refractivity contribution in [1.82, 2.24) is 9.78 Å². The quantitative estimate of drug-likeness (QED) is 0.808. The van der Waals surface area contributed by atoms with Crippen molar-refractivity contribution in [3.05, 3.63) is 65.9 Å². The Kier molecular flexibility index (Phi) is 3.38. The highest BCUT2D eigenvalue weighted by molar-refractivity contribution is 5.50. The van der Waals surface area contributed by atoms with Gasteiger partial charge >= 0.3 is 0 Å². The summed E-state index contributed by atoms with van der Waals surface area (Å²) in [7, 11) is 0. The number of rotatable bonds is 3. The summed E-state index contributed by atoms with van der Waals surface area (Å²) in [5.41, 5.74) is 9.33. The summed E-state index contributed by atoms with van der Waals surface area (Å²) in [5.74, 6) is 2.25. The lowest BCUT2D eigenvalue weighted by atomic mass is 10.1. The zero-order chi connectivity index (χ0) is 15.6. The molecule has 23 heavy (non-hydrogen) atoms. The van der Waals surface area contributed by atoms with Crippen LogP contribution in [0.4, 0.5) is 5.82 Å².